The van der Waals surface area contributed by atoms with Gasteiger partial charge in [-0.3, -0.25) is 0 Å². The normalized spacial score (nSPS) is 11.7. The van der Waals surface area contributed by atoms with E-state index >= 15 is 0 Å². The number of nitrogens with zero attached hydrogens (tertiary/aromatic N) is 1. The third-order valence-corrected chi connectivity index (χ3v) is 6.80. The van der Waals surface area contributed by atoms with Gasteiger partial charge in [-0.25, -0.2) is 0 Å². The maximum absolute atomic E-state index is 2.44. The Morgan fingerprint density at radius 1 is 0.696 bits per heavy atom. The van der Waals surface area contributed by atoms with Crippen LogP contribution in [-0.4, -0.2) is 4.57 Å². The summed E-state index contributed by atoms with van der Waals surface area (Å²) in [5.41, 5.74) is 3.83. The van der Waals surface area contributed by atoms with Crippen molar-refractivity contribution in [2.45, 2.75) is 0 Å². The Kier molecular flexibility index (Phi) is 3.00. The highest BCUT2D eigenvalue weighted by Crippen LogP contribution is 2.43. The van der Waals surface area contributed by atoms with Crippen molar-refractivity contribution < 1.29 is 0 Å². The topological polar surface area (TPSA) is 4.93 Å². The van der Waals surface area contributed by atoms with E-state index in [1.165, 1.54) is 40.5 Å². The van der Waals surface area contributed by atoms with E-state index in [9.17, 15) is 0 Å². The minimum absolute atomic E-state index is 1.22. The highest BCUT2D eigenvalue weighted by atomic mass is 127. The summed E-state index contributed by atoms with van der Waals surface area (Å²) < 4.78 is 6.49. The molecule has 3 aromatic carbocycles. The molecule has 0 aliphatic heterocycles. The van der Waals surface area contributed by atoms with Crippen molar-refractivity contribution in [1.82, 2.24) is 4.57 Å². The molecule has 5 rings (SSSR count). The van der Waals surface area contributed by atoms with Crippen LogP contribution in [0.3, 0.4) is 0 Å². The van der Waals surface area contributed by atoms with E-state index in [1.807, 2.05) is 11.3 Å². The molecule has 2 heterocycles. The predicted molar refractivity (Wildman–Crippen MR) is 109 cm³/mol. The monoisotopic (exact) mass is 425 g/mol. The number of hydrogen-bond donors (Lipinski definition) is 0. The summed E-state index contributed by atoms with van der Waals surface area (Å²) in [5.74, 6) is 0. The summed E-state index contributed by atoms with van der Waals surface area (Å²) >= 11 is 4.35. The fourth-order valence-corrected chi connectivity index (χ4v) is 5.36. The average molecular weight is 425 g/mol. The molecule has 110 valence electrons. The molecule has 0 bridgehead atoms. The van der Waals surface area contributed by atoms with Gasteiger partial charge in [0.2, 0.25) is 0 Å². The van der Waals surface area contributed by atoms with Gasteiger partial charge < -0.3 is 4.57 Å². The molecule has 0 N–H and O–H groups in total. The largest absolute Gasteiger partial charge is 0.308 e. The van der Waals surface area contributed by atoms with E-state index < -0.39 is 0 Å². The number of rotatable bonds is 1. The minimum atomic E-state index is 1.22. The highest BCUT2D eigenvalue weighted by molar-refractivity contribution is 14.1. The Morgan fingerprint density at radius 2 is 1.43 bits per heavy atom. The van der Waals surface area contributed by atoms with E-state index in [0.717, 1.165) is 0 Å². The molecule has 3 heteroatoms. The zero-order valence-electron chi connectivity index (χ0n) is 12.2. The first-order valence-corrected chi connectivity index (χ1v) is 9.40. The molecule has 0 aliphatic carbocycles. The van der Waals surface area contributed by atoms with Gasteiger partial charge >= 0.3 is 0 Å². The number of hydrogen-bond acceptors (Lipinski definition) is 1. The molecular formula is C20H12INS. The van der Waals surface area contributed by atoms with Crippen LogP contribution in [0.5, 0.6) is 0 Å². The van der Waals surface area contributed by atoms with Crippen molar-refractivity contribution >= 4 is 65.1 Å². The molecule has 0 radical (unpaired) electrons. The summed E-state index contributed by atoms with van der Waals surface area (Å²) in [7, 11) is 0. The first kappa shape index (κ1) is 13.6. The Balaban J connectivity index is 2.08. The van der Waals surface area contributed by atoms with Crippen LogP contribution in [0.25, 0.3) is 36.9 Å². The molecule has 2 aromatic heterocycles. The number of aromatic nitrogens is 1. The number of fused-ring (bicyclic) bond motifs is 5. The number of thiophene rings is 1. The van der Waals surface area contributed by atoms with Gasteiger partial charge in [-0.2, -0.15) is 0 Å². The van der Waals surface area contributed by atoms with Crippen LogP contribution in [0.15, 0.2) is 72.8 Å². The molecule has 5 aromatic rings. The van der Waals surface area contributed by atoms with Gasteiger partial charge in [0.15, 0.2) is 0 Å². The van der Waals surface area contributed by atoms with Crippen LogP contribution in [0.1, 0.15) is 0 Å². The first-order chi connectivity index (χ1) is 11.3. The maximum atomic E-state index is 2.44. The van der Waals surface area contributed by atoms with Crippen LogP contribution in [0.2, 0.25) is 0 Å². The summed E-state index contributed by atoms with van der Waals surface area (Å²) in [6.45, 7) is 0. The van der Waals surface area contributed by atoms with Gasteiger partial charge in [-0.05, 0) is 46.9 Å². The predicted octanol–water partition coefficient (Wildman–Crippen LogP) is 6.60. The quantitative estimate of drug-likeness (QED) is 0.267. The van der Waals surface area contributed by atoms with Crippen LogP contribution < -0.4 is 0 Å². The molecular weight excluding hydrogens is 413 g/mol. The van der Waals surface area contributed by atoms with Crippen molar-refractivity contribution in [2.75, 3.05) is 0 Å². The lowest BCUT2D eigenvalue weighted by Gasteiger charge is -2.07. The third-order valence-electron chi connectivity index (χ3n) is 4.27. The van der Waals surface area contributed by atoms with Crippen molar-refractivity contribution in [2.24, 2.45) is 0 Å². The van der Waals surface area contributed by atoms with Crippen LogP contribution in [0.4, 0.5) is 0 Å². The molecule has 1 nitrogen and oxygen atoms in total. The maximum Gasteiger partial charge on any atom is 0.0728 e. The SMILES string of the molecule is Ic1cccc2c1sc1c3ccccc3n(-c3ccccc3)c21. The zero-order valence-corrected chi connectivity index (χ0v) is 15.1. The van der Waals surface area contributed by atoms with Crippen molar-refractivity contribution in [3.05, 3.63) is 76.4 Å². The second-order valence-electron chi connectivity index (χ2n) is 5.58. The van der Waals surface area contributed by atoms with Gasteiger partial charge in [-0.1, -0.05) is 48.5 Å². The second kappa shape index (κ2) is 5.08. The van der Waals surface area contributed by atoms with Gasteiger partial charge in [0, 0.05) is 20.0 Å². The number of benzene rings is 3. The lowest BCUT2D eigenvalue weighted by atomic mass is 10.2. The van der Waals surface area contributed by atoms with Crippen LogP contribution >= 0.6 is 33.9 Å². The molecule has 23 heavy (non-hydrogen) atoms. The molecule has 0 saturated carbocycles. The zero-order chi connectivity index (χ0) is 15.4. The third kappa shape index (κ3) is 1.90. The summed E-state index contributed by atoms with van der Waals surface area (Å²) in [4.78, 5) is 0. The smallest absolute Gasteiger partial charge is 0.0728 e. The van der Waals surface area contributed by atoms with E-state index in [0.29, 0.717) is 0 Å². The lowest BCUT2D eigenvalue weighted by Crippen LogP contribution is -1.92. The van der Waals surface area contributed by atoms with Crippen molar-refractivity contribution in [3.8, 4) is 5.69 Å². The molecule has 0 fully saturated rings. The second-order valence-corrected chi connectivity index (χ2v) is 7.77. The Morgan fingerprint density at radius 3 is 2.30 bits per heavy atom. The summed E-state index contributed by atoms with van der Waals surface area (Å²) in [6, 6.07) is 25.9. The molecule has 0 unspecified atom stereocenters. The summed E-state index contributed by atoms with van der Waals surface area (Å²) in [6.07, 6.45) is 0. The average Bonchev–Trinajstić information content (AvgIpc) is 3.12. The van der Waals surface area contributed by atoms with Crippen molar-refractivity contribution in [1.29, 1.82) is 0 Å². The van der Waals surface area contributed by atoms with Gasteiger partial charge in [-0.15, -0.1) is 11.3 Å². The van der Waals surface area contributed by atoms with Gasteiger partial charge in [0.25, 0.3) is 0 Å². The Labute approximate surface area is 151 Å². The van der Waals surface area contributed by atoms with Crippen molar-refractivity contribution in [3.63, 3.8) is 0 Å². The molecule has 0 spiro atoms. The fraction of sp³-hybridized carbons (Fsp3) is 0. The summed E-state index contributed by atoms with van der Waals surface area (Å²) in [5, 5.41) is 2.68. The molecule has 0 saturated heterocycles. The highest BCUT2D eigenvalue weighted by Gasteiger charge is 2.17. The standard InChI is InChI=1S/C20H12INS/c21-16-11-6-10-15-18-20(23-19(15)16)14-9-4-5-12-17(14)22(18)13-7-2-1-3-8-13/h1-12H. The minimum Gasteiger partial charge on any atom is -0.308 e. The van der Waals surface area contributed by atoms with Gasteiger partial charge in [0.05, 0.1) is 20.4 Å². The van der Waals surface area contributed by atoms with E-state index in [4.69, 9.17) is 0 Å². The number of halogens is 1. The fourth-order valence-electron chi connectivity index (χ4n) is 3.30. The molecule has 0 amide bonds. The van der Waals surface area contributed by atoms with E-state index in [2.05, 4.69) is 100.0 Å². The van der Waals surface area contributed by atoms with Crippen LogP contribution in [0, 0.1) is 3.57 Å². The van der Waals surface area contributed by atoms with Gasteiger partial charge in [0.1, 0.15) is 0 Å². The van der Waals surface area contributed by atoms with E-state index in [-0.39, 0.29) is 0 Å². The Bertz CT molecular complexity index is 1170. The first-order valence-electron chi connectivity index (χ1n) is 7.50. The van der Waals surface area contributed by atoms with Crippen LogP contribution in [-0.2, 0) is 0 Å². The molecule has 0 atom stereocenters. The Hall–Kier alpha value is -1.85. The number of para-hydroxylation sites is 2. The van der Waals surface area contributed by atoms with E-state index in [1.54, 1.807) is 0 Å². The lowest BCUT2D eigenvalue weighted by molar-refractivity contribution is 1.19. The molecule has 0 aliphatic rings.